The van der Waals surface area contributed by atoms with Gasteiger partial charge in [-0.15, -0.1) is 0 Å². The van der Waals surface area contributed by atoms with Gasteiger partial charge < -0.3 is 10.6 Å². The van der Waals surface area contributed by atoms with Crippen molar-refractivity contribution < 1.29 is 0 Å². The molecule has 0 spiro atoms. The molecule has 5 heteroatoms. The van der Waals surface area contributed by atoms with E-state index in [2.05, 4.69) is 26.6 Å². The van der Waals surface area contributed by atoms with E-state index in [1.54, 1.807) is 0 Å². The maximum atomic E-state index is 6.04. The number of para-hydroxylation sites is 1. The third kappa shape index (κ3) is 3.70. The molecule has 0 bridgehead atoms. The van der Waals surface area contributed by atoms with Crippen molar-refractivity contribution in [3.8, 4) is 0 Å². The molecule has 0 atom stereocenters. The molecule has 2 N–H and O–H groups in total. The van der Waals surface area contributed by atoms with Gasteiger partial charge >= 0.3 is 0 Å². The summed E-state index contributed by atoms with van der Waals surface area (Å²) >= 11 is 14.6. The molecule has 0 aliphatic heterocycles. The second-order valence-electron chi connectivity index (χ2n) is 3.57. The first-order valence-corrected chi connectivity index (χ1v) is 6.81. The van der Waals surface area contributed by atoms with E-state index in [1.807, 2.05) is 48.5 Å². The molecule has 92 valence electrons. The summed E-state index contributed by atoms with van der Waals surface area (Å²) in [7, 11) is 0. The molecule has 0 radical (unpaired) electrons. The van der Waals surface area contributed by atoms with Crippen LogP contribution in [0, 0.1) is 0 Å². The zero-order chi connectivity index (χ0) is 13.0. The van der Waals surface area contributed by atoms with Gasteiger partial charge in [-0.3, -0.25) is 0 Å². The van der Waals surface area contributed by atoms with E-state index in [1.165, 1.54) is 0 Å². The number of hydrogen-bond donors (Lipinski definition) is 2. The van der Waals surface area contributed by atoms with Gasteiger partial charge in [-0.2, -0.15) is 0 Å². The molecule has 0 saturated heterocycles. The summed E-state index contributed by atoms with van der Waals surface area (Å²) in [6.45, 7) is 0. The zero-order valence-electron chi connectivity index (χ0n) is 9.28. The van der Waals surface area contributed by atoms with Crippen LogP contribution in [0.5, 0.6) is 0 Å². The van der Waals surface area contributed by atoms with Crippen LogP contribution in [0.1, 0.15) is 0 Å². The van der Waals surface area contributed by atoms with Crippen molar-refractivity contribution in [2.75, 3.05) is 10.6 Å². The molecule has 0 aliphatic rings. The molecular formula is C13H10BrClN2S. The van der Waals surface area contributed by atoms with Gasteiger partial charge in [0.05, 0.1) is 10.7 Å². The Bertz CT molecular complexity index is 557. The molecule has 2 rings (SSSR count). The fourth-order valence-electron chi connectivity index (χ4n) is 1.38. The lowest BCUT2D eigenvalue weighted by molar-refractivity contribution is 1.58. The zero-order valence-corrected chi connectivity index (χ0v) is 12.4. The fourth-order valence-corrected chi connectivity index (χ4v) is 2.06. The van der Waals surface area contributed by atoms with Crippen molar-refractivity contribution in [1.29, 1.82) is 0 Å². The van der Waals surface area contributed by atoms with Crippen LogP contribution in [0.2, 0.25) is 5.02 Å². The summed E-state index contributed by atoms with van der Waals surface area (Å²) in [4.78, 5) is 0. The summed E-state index contributed by atoms with van der Waals surface area (Å²) in [5.41, 5.74) is 1.71. The van der Waals surface area contributed by atoms with Crippen molar-refractivity contribution >= 4 is 56.2 Å². The Morgan fingerprint density at radius 1 is 1.00 bits per heavy atom. The van der Waals surface area contributed by atoms with E-state index in [0.717, 1.165) is 15.8 Å². The lowest BCUT2D eigenvalue weighted by atomic mass is 10.3. The SMILES string of the molecule is S=C(Nc1ccc(Br)cc1)Nc1ccccc1Cl. The lowest BCUT2D eigenvalue weighted by Gasteiger charge is -2.11. The molecule has 2 aromatic rings. The molecule has 0 aliphatic carbocycles. The predicted molar refractivity (Wildman–Crippen MR) is 85.4 cm³/mol. The van der Waals surface area contributed by atoms with Gasteiger partial charge in [0.1, 0.15) is 0 Å². The van der Waals surface area contributed by atoms with E-state index in [0.29, 0.717) is 10.1 Å². The average molecular weight is 342 g/mol. The van der Waals surface area contributed by atoms with Gasteiger partial charge in [0.25, 0.3) is 0 Å². The molecule has 0 unspecified atom stereocenters. The molecule has 0 heterocycles. The van der Waals surface area contributed by atoms with Crippen LogP contribution in [0.4, 0.5) is 11.4 Å². The minimum atomic E-state index is 0.505. The Morgan fingerprint density at radius 3 is 2.33 bits per heavy atom. The van der Waals surface area contributed by atoms with E-state index < -0.39 is 0 Å². The van der Waals surface area contributed by atoms with Crippen LogP contribution in [0.15, 0.2) is 53.0 Å². The first-order chi connectivity index (χ1) is 8.65. The monoisotopic (exact) mass is 340 g/mol. The maximum Gasteiger partial charge on any atom is 0.175 e. The van der Waals surface area contributed by atoms with Crippen LogP contribution in [-0.4, -0.2) is 5.11 Å². The van der Waals surface area contributed by atoms with Crippen molar-refractivity contribution in [2.24, 2.45) is 0 Å². The van der Waals surface area contributed by atoms with Gasteiger partial charge in [0.2, 0.25) is 0 Å². The molecule has 0 saturated carbocycles. The van der Waals surface area contributed by atoms with Gasteiger partial charge in [-0.05, 0) is 48.6 Å². The van der Waals surface area contributed by atoms with Crippen molar-refractivity contribution in [3.05, 3.63) is 58.0 Å². The summed E-state index contributed by atoms with van der Waals surface area (Å²) in [6.07, 6.45) is 0. The highest BCUT2D eigenvalue weighted by atomic mass is 79.9. The van der Waals surface area contributed by atoms with Crippen molar-refractivity contribution in [2.45, 2.75) is 0 Å². The molecule has 0 aromatic heterocycles. The first-order valence-electron chi connectivity index (χ1n) is 5.23. The smallest absolute Gasteiger partial charge is 0.175 e. The van der Waals surface area contributed by atoms with E-state index >= 15 is 0 Å². The quantitative estimate of drug-likeness (QED) is 0.759. The van der Waals surface area contributed by atoms with Crippen LogP contribution in [0.25, 0.3) is 0 Å². The van der Waals surface area contributed by atoms with Crippen LogP contribution < -0.4 is 10.6 Å². The van der Waals surface area contributed by atoms with Crippen LogP contribution in [-0.2, 0) is 0 Å². The Kier molecular flexibility index (Phi) is 4.58. The summed E-state index contributed by atoms with van der Waals surface area (Å²) in [5, 5.41) is 7.28. The fraction of sp³-hybridized carbons (Fsp3) is 0. The molecular weight excluding hydrogens is 332 g/mol. The Labute approximate surface area is 124 Å². The lowest BCUT2D eigenvalue weighted by Crippen LogP contribution is -2.19. The number of halogens is 2. The number of nitrogens with one attached hydrogen (secondary N) is 2. The molecule has 0 fully saturated rings. The minimum absolute atomic E-state index is 0.505. The Hall–Kier alpha value is -1.10. The largest absolute Gasteiger partial charge is 0.332 e. The van der Waals surface area contributed by atoms with Crippen molar-refractivity contribution in [1.82, 2.24) is 0 Å². The highest BCUT2D eigenvalue weighted by Gasteiger charge is 2.01. The highest BCUT2D eigenvalue weighted by Crippen LogP contribution is 2.21. The summed E-state index contributed by atoms with van der Waals surface area (Å²) in [5.74, 6) is 0. The Balaban J connectivity index is 2.01. The molecule has 18 heavy (non-hydrogen) atoms. The molecule has 2 aromatic carbocycles. The second-order valence-corrected chi connectivity index (χ2v) is 5.30. The summed E-state index contributed by atoms with van der Waals surface area (Å²) in [6, 6.07) is 15.2. The number of rotatable bonds is 2. The standard InChI is InChI=1S/C13H10BrClN2S/c14-9-5-7-10(8-6-9)16-13(18)17-12-4-2-1-3-11(12)15/h1-8H,(H2,16,17,18). The van der Waals surface area contributed by atoms with Gasteiger partial charge in [0, 0.05) is 10.2 Å². The average Bonchev–Trinajstić information content (AvgIpc) is 2.35. The van der Waals surface area contributed by atoms with E-state index in [9.17, 15) is 0 Å². The molecule has 2 nitrogen and oxygen atoms in total. The van der Waals surface area contributed by atoms with E-state index in [-0.39, 0.29) is 0 Å². The number of anilines is 2. The first kappa shape index (κ1) is 13.3. The third-order valence-corrected chi connectivity index (χ3v) is 3.29. The highest BCUT2D eigenvalue weighted by molar-refractivity contribution is 9.10. The molecule has 0 amide bonds. The topological polar surface area (TPSA) is 24.1 Å². The van der Waals surface area contributed by atoms with Crippen molar-refractivity contribution in [3.63, 3.8) is 0 Å². The normalized spacial score (nSPS) is 9.89. The number of thiocarbonyl (C=S) groups is 1. The predicted octanol–water partition coefficient (Wildman–Crippen LogP) is 4.91. The third-order valence-electron chi connectivity index (χ3n) is 2.22. The number of hydrogen-bond acceptors (Lipinski definition) is 1. The Morgan fingerprint density at radius 2 is 1.67 bits per heavy atom. The minimum Gasteiger partial charge on any atom is -0.332 e. The van der Waals surface area contributed by atoms with Crippen LogP contribution in [0.3, 0.4) is 0 Å². The van der Waals surface area contributed by atoms with Gasteiger partial charge in [0.15, 0.2) is 5.11 Å². The van der Waals surface area contributed by atoms with Gasteiger partial charge in [-0.25, -0.2) is 0 Å². The van der Waals surface area contributed by atoms with Gasteiger partial charge in [-0.1, -0.05) is 39.7 Å². The van der Waals surface area contributed by atoms with Crippen LogP contribution >= 0.6 is 39.7 Å². The summed E-state index contributed by atoms with van der Waals surface area (Å²) < 4.78 is 1.03. The van der Waals surface area contributed by atoms with E-state index in [4.69, 9.17) is 23.8 Å². The second kappa shape index (κ2) is 6.18. The number of benzene rings is 2. The maximum absolute atomic E-state index is 6.04.